The molecule has 2 atom stereocenters. The van der Waals surface area contributed by atoms with E-state index in [1.807, 2.05) is 303 Å². The lowest BCUT2D eigenvalue weighted by molar-refractivity contribution is 0.664. The van der Waals surface area contributed by atoms with E-state index in [9.17, 15) is 0 Å². The van der Waals surface area contributed by atoms with Crippen molar-refractivity contribution in [3.63, 3.8) is 0 Å². The zero-order valence-corrected chi connectivity index (χ0v) is 83.0. The number of nitrogens with zero attached hydrogens (tertiary/aromatic N) is 13. The van der Waals surface area contributed by atoms with Crippen molar-refractivity contribution in [2.24, 2.45) is 0 Å². The molecule has 708 valence electrons. The Balaban J connectivity index is 0.000000131. The molecule has 12 aromatic carbocycles. The summed E-state index contributed by atoms with van der Waals surface area (Å²) in [5, 5.41) is 10.6. The fraction of sp³-hybridized carbons (Fsp3) is 0.275. The minimum atomic E-state index is -2.49. The summed E-state index contributed by atoms with van der Waals surface area (Å²) in [5.41, 5.74) is 24.3. The van der Waals surface area contributed by atoms with Crippen LogP contribution in [-0.2, 0) is 0 Å². The molecule has 0 radical (unpaired) electrons. The Hall–Kier alpha value is -14.9. The lowest BCUT2D eigenvalue weighted by atomic mass is 10.1. The molecule has 2 unspecified atom stereocenters. The first-order valence-corrected chi connectivity index (χ1v) is 48.1. The molecule has 18 heteroatoms. The minimum absolute atomic E-state index is 0.194. The third kappa shape index (κ3) is 17.5. The lowest BCUT2D eigenvalue weighted by Gasteiger charge is -2.26. The van der Waals surface area contributed by atoms with Crippen LogP contribution in [0.4, 0.5) is 85.7 Å². The van der Waals surface area contributed by atoms with E-state index in [4.69, 9.17) is 39.9 Å². The molecule has 8 aromatic heterocycles. The molecule has 0 amide bonds. The normalized spacial score (nSPS) is 15.8. The summed E-state index contributed by atoms with van der Waals surface area (Å²) in [4.78, 5) is 32.9. The standard InChI is InChI=1S/2C23H22N2O.2C22H21N3O.C20H17N3O.5C2H6/c2*1-15(2)24-14-25(20-10-6-5-9-19(20)24)22-16(3)12-13-18-17-8-4-7-11-21(17)26-23(18)22;2*1-14(2)24-13-25(22-18(24)8-6-12-23-22)20-15(3)10-11-17-16-7-4-5-9-19(16)26-21(17)20;1-13-9-10-15-14-6-3-4-8-17(14)24-19(15)18(13)23-12-22(2)16-7-5-11-21-20(16)23;5*1-2/h2*4-13,15H,14H2,1-3H3;2*4-12,14H,13H2,1-3H3;3-11H,12H2,1-2H3;5*1-2H3/i1D3,15D;15D;1D3,14D;14D;2D3;;;;;. The molecular weight excluding hydrogens is 1700 g/mol. The highest BCUT2D eigenvalue weighted by Crippen LogP contribution is 2.53. The van der Waals surface area contributed by atoms with Gasteiger partial charge >= 0.3 is 0 Å². The van der Waals surface area contributed by atoms with Gasteiger partial charge in [-0.25, -0.2) is 15.0 Å². The van der Waals surface area contributed by atoms with E-state index in [0.29, 0.717) is 36.3 Å². The fourth-order valence-corrected chi connectivity index (χ4v) is 19.0. The van der Waals surface area contributed by atoms with E-state index in [-0.39, 0.29) is 20.0 Å². The van der Waals surface area contributed by atoms with Gasteiger partial charge in [0.05, 0.1) is 107 Å². The number of para-hydroxylation sites is 9. The van der Waals surface area contributed by atoms with Crippen LogP contribution in [0.15, 0.2) is 308 Å². The van der Waals surface area contributed by atoms with Crippen LogP contribution in [0.2, 0.25) is 0 Å². The van der Waals surface area contributed by atoms with Gasteiger partial charge in [0.2, 0.25) is 0 Å². The second-order valence-corrected chi connectivity index (χ2v) is 33.6. The van der Waals surface area contributed by atoms with Crippen LogP contribution in [0.25, 0.3) is 110 Å². The van der Waals surface area contributed by atoms with Crippen LogP contribution >= 0.6 is 0 Å². The van der Waals surface area contributed by atoms with Crippen LogP contribution in [0.5, 0.6) is 0 Å². The van der Waals surface area contributed by atoms with Crippen LogP contribution < -0.4 is 49.0 Å². The number of hydrogen-bond donors (Lipinski definition) is 0. The van der Waals surface area contributed by atoms with Crippen LogP contribution in [0, 0.1) is 34.6 Å². The van der Waals surface area contributed by atoms with Crippen molar-refractivity contribution in [3.05, 3.63) is 313 Å². The second kappa shape index (κ2) is 41.7. The molecule has 0 saturated carbocycles. The number of pyridine rings is 3. The van der Waals surface area contributed by atoms with Gasteiger partial charge in [0.25, 0.3) is 0 Å². The van der Waals surface area contributed by atoms with Crippen molar-refractivity contribution < 1.29 is 39.9 Å². The molecule has 0 N–H and O–H groups in total. The third-order valence-electron chi connectivity index (χ3n) is 25.1. The Morgan fingerprint density at radius 2 is 0.464 bits per heavy atom. The zero-order chi connectivity index (χ0) is 109. The van der Waals surface area contributed by atoms with Crippen LogP contribution in [0.1, 0.15) is 170 Å². The molecule has 0 aliphatic carbocycles. The molecule has 0 bridgehead atoms. The van der Waals surface area contributed by atoms with Crippen LogP contribution in [0.3, 0.4) is 0 Å². The minimum Gasteiger partial charge on any atom is -0.454 e. The van der Waals surface area contributed by atoms with E-state index >= 15 is 0 Å². The average Bonchev–Trinajstić information content (AvgIpc) is 1.53. The molecule has 138 heavy (non-hydrogen) atoms. The predicted molar refractivity (Wildman–Crippen MR) is 589 cm³/mol. The molecule has 0 fully saturated rings. The zero-order valence-electron chi connectivity index (χ0n) is 96.0. The highest BCUT2D eigenvalue weighted by Gasteiger charge is 2.38. The summed E-state index contributed by atoms with van der Waals surface area (Å²) in [5.74, 6) is 2.12. The number of aromatic nitrogens is 3. The van der Waals surface area contributed by atoms with Gasteiger partial charge < -0.3 is 71.1 Å². The van der Waals surface area contributed by atoms with E-state index in [2.05, 4.69) is 126 Å². The summed E-state index contributed by atoms with van der Waals surface area (Å²) < 4.78 is 137. The van der Waals surface area contributed by atoms with Gasteiger partial charge in [-0.05, 0) is 209 Å². The number of furan rings is 5. The monoisotopic (exact) mass is 1850 g/mol. The molecule has 0 spiro atoms. The number of fused-ring (bicyclic) bond motifs is 20. The quantitative estimate of drug-likeness (QED) is 0.135. The van der Waals surface area contributed by atoms with E-state index in [0.717, 1.165) is 195 Å². The second-order valence-electron chi connectivity index (χ2n) is 33.6. The van der Waals surface area contributed by atoms with Gasteiger partial charge in [-0.3, -0.25) is 0 Å². The maximum Gasteiger partial charge on any atom is 0.159 e. The summed E-state index contributed by atoms with van der Waals surface area (Å²) in [6.45, 7) is 35.4. The Kier molecular flexibility index (Phi) is 24.3. The summed E-state index contributed by atoms with van der Waals surface area (Å²) in [6.07, 6.45) is 5.17. The van der Waals surface area contributed by atoms with E-state index in [1.54, 1.807) is 46.6 Å². The van der Waals surface area contributed by atoms with Crippen molar-refractivity contribution in [3.8, 4) is 0 Å². The van der Waals surface area contributed by atoms with Gasteiger partial charge in [0.15, 0.2) is 45.4 Å². The summed E-state index contributed by atoms with van der Waals surface area (Å²) in [6, 6.07) is 82.9. The van der Waals surface area contributed by atoms with Gasteiger partial charge in [-0.2, -0.15) is 0 Å². The molecular formula is C120H133N13O5. The molecule has 0 saturated heterocycles. The molecule has 5 aliphatic heterocycles. The SMILES string of the molecule is CC.CC.CC.CC.CC.[2H]C(C)(C)N1CN(c2c(C)ccc3c2oc2ccccc23)c2ccccc21.[2H]C(C)(C)N1CN(c2c(C)ccc3c2oc2ccccc23)c2ncccc21.[2H]C([2H])([2H])C([2H])(C)N1CN(c2c(C)ccc3c2oc2ccccc23)c2ccccc21.[2H]C([2H])([2H])C([2H])(C)N1CN(c2c(C)ccc3c2oc2ccccc23)c2ncccc21.[2H]C([2H])([2H])N1CN(c2c(C)ccc3c2oc2ccccc23)c2ncccc21. The van der Waals surface area contributed by atoms with Gasteiger partial charge in [-0.15, -0.1) is 0 Å². The van der Waals surface area contributed by atoms with Crippen molar-refractivity contribution >= 4 is 195 Å². The highest BCUT2D eigenvalue weighted by atomic mass is 16.3. The summed E-state index contributed by atoms with van der Waals surface area (Å²) in [7, 11) is 0. The molecule has 18 nitrogen and oxygen atoms in total. The van der Waals surface area contributed by atoms with E-state index < -0.39 is 44.8 Å². The predicted octanol–water partition coefficient (Wildman–Crippen LogP) is 33.6. The first kappa shape index (κ1) is 80.4. The third-order valence-corrected chi connectivity index (χ3v) is 25.1. The maximum absolute atomic E-state index is 8.68. The number of benzene rings is 12. The van der Waals surface area contributed by atoms with Crippen molar-refractivity contribution in [1.82, 2.24) is 15.0 Å². The molecule has 13 heterocycles. The Labute approximate surface area is 831 Å². The largest absolute Gasteiger partial charge is 0.454 e. The maximum atomic E-state index is 8.68. The molecule has 25 rings (SSSR count). The number of anilines is 15. The van der Waals surface area contributed by atoms with Crippen LogP contribution in [-0.4, -0.2) is 79.3 Å². The average molecular weight is 1850 g/mol. The fourth-order valence-electron chi connectivity index (χ4n) is 19.0. The van der Waals surface area contributed by atoms with Gasteiger partial charge in [0, 0.05) is 116 Å². The van der Waals surface area contributed by atoms with Crippen molar-refractivity contribution in [2.45, 2.75) is 183 Å². The highest BCUT2D eigenvalue weighted by molar-refractivity contribution is 6.16. The summed E-state index contributed by atoms with van der Waals surface area (Å²) >= 11 is 0. The number of aryl methyl sites for hydroxylation is 5. The Morgan fingerprint density at radius 1 is 0.239 bits per heavy atom. The van der Waals surface area contributed by atoms with Crippen molar-refractivity contribution in [1.29, 1.82) is 0 Å². The Morgan fingerprint density at radius 3 is 0.754 bits per heavy atom. The number of hydrogen-bond acceptors (Lipinski definition) is 18. The number of rotatable bonds is 9. The molecule has 5 aliphatic rings. The topological polar surface area (TPSA) is 137 Å². The smallest absolute Gasteiger partial charge is 0.159 e. The van der Waals surface area contributed by atoms with E-state index in [1.165, 1.54) is 24.3 Å². The Bertz CT molecular complexity index is 7670. The first-order chi connectivity index (χ1) is 72.2. The lowest BCUT2D eigenvalue weighted by Crippen LogP contribution is -2.33. The van der Waals surface area contributed by atoms with Gasteiger partial charge in [-0.1, -0.05) is 245 Å². The first-order valence-electron chi connectivity index (χ1n) is 54.6. The van der Waals surface area contributed by atoms with Crippen molar-refractivity contribution in [2.75, 3.05) is 89.3 Å². The molecule has 20 aromatic rings. The van der Waals surface area contributed by atoms with Gasteiger partial charge in [0.1, 0.15) is 27.9 Å².